The topological polar surface area (TPSA) is 34.9 Å². The van der Waals surface area contributed by atoms with E-state index in [4.69, 9.17) is 0 Å². The Hall–Kier alpha value is -0.810. The first-order valence-corrected chi connectivity index (χ1v) is 5.87. The van der Waals surface area contributed by atoms with Gasteiger partial charge >= 0.3 is 0 Å². The maximum Gasteiger partial charge on any atom is 0.262 e. The Labute approximate surface area is 90.8 Å². The molecule has 0 bridgehead atoms. The Bertz CT molecular complexity index is 489. The number of thiol groups is 1. The predicted molar refractivity (Wildman–Crippen MR) is 62.4 cm³/mol. The summed E-state index contributed by atoms with van der Waals surface area (Å²) < 4.78 is 1.64. The van der Waals surface area contributed by atoms with Crippen LogP contribution >= 0.6 is 24.0 Å². The molecule has 2 rings (SSSR count). The van der Waals surface area contributed by atoms with E-state index >= 15 is 0 Å². The quantitative estimate of drug-likeness (QED) is 0.810. The largest absolute Gasteiger partial charge is 0.299 e. The highest BCUT2D eigenvalue weighted by Crippen LogP contribution is 2.13. The van der Waals surface area contributed by atoms with E-state index < -0.39 is 0 Å². The van der Waals surface area contributed by atoms with E-state index in [2.05, 4.69) is 17.6 Å². The first kappa shape index (κ1) is 9.73. The molecule has 0 saturated carbocycles. The van der Waals surface area contributed by atoms with Crippen molar-refractivity contribution in [1.29, 1.82) is 0 Å². The van der Waals surface area contributed by atoms with Crippen LogP contribution in [0.4, 0.5) is 0 Å². The predicted octanol–water partition coefficient (Wildman–Crippen LogP) is 1.78. The minimum atomic E-state index is 0.0537. The Morgan fingerprint density at radius 3 is 3.21 bits per heavy atom. The van der Waals surface area contributed by atoms with Gasteiger partial charge in [-0.2, -0.15) is 12.6 Å². The summed E-state index contributed by atoms with van der Waals surface area (Å²) in [6.07, 6.45) is 2.50. The van der Waals surface area contributed by atoms with Crippen molar-refractivity contribution < 1.29 is 0 Å². The lowest BCUT2D eigenvalue weighted by atomic mass is 10.4. The van der Waals surface area contributed by atoms with Gasteiger partial charge < -0.3 is 0 Å². The summed E-state index contributed by atoms with van der Waals surface area (Å²) >= 11 is 5.61. The maximum atomic E-state index is 11.8. The summed E-state index contributed by atoms with van der Waals surface area (Å²) in [5, 5.41) is 2.61. The Balaban J connectivity index is 2.46. The van der Waals surface area contributed by atoms with Crippen molar-refractivity contribution in [3.05, 3.63) is 28.1 Å². The summed E-state index contributed by atoms with van der Waals surface area (Å²) in [6.45, 7) is 0.696. The van der Waals surface area contributed by atoms with Crippen molar-refractivity contribution in [2.45, 2.75) is 13.0 Å². The van der Waals surface area contributed by atoms with Gasteiger partial charge in [-0.3, -0.25) is 9.36 Å². The molecule has 0 fully saturated rings. The monoisotopic (exact) mass is 226 g/mol. The zero-order chi connectivity index (χ0) is 9.97. The highest BCUT2D eigenvalue weighted by molar-refractivity contribution is 7.80. The van der Waals surface area contributed by atoms with Gasteiger partial charge in [0.2, 0.25) is 0 Å². The van der Waals surface area contributed by atoms with Gasteiger partial charge in [-0.1, -0.05) is 0 Å². The molecule has 14 heavy (non-hydrogen) atoms. The summed E-state index contributed by atoms with van der Waals surface area (Å²) in [7, 11) is 0. The van der Waals surface area contributed by atoms with Gasteiger partial charge in [-0.15, -0.1) is 11.3 Å². The van der Waals surface area contributed by atoms with Crippen LogP contribution in [0.5, 0.6) is 0 Å². The van der Waals surface area contributed by atoms with Gasteiger partial charge in [0, 0.05) is 6.54 Å². The van der Waals surface area contributed by atoms with E-state index in [1.807, 2.05) is 11.4 Å². The van der Waals surface area contributed by atoms with E-state index in [-0.39, 0.29) is 5.56 Å². The second-order valence-electron chi connectivity index (χ2n) is 2.96. The van der Waals surface area contributed by atoms with Crippen molar-refractivity contribution in [3.63, 3.8) is 0 Å². The van der Waals surface area contributed by atoms with Crippen LogP contribution in [-0.2, 0) is 6.54 Å². The molecule has 0 atom stereocenters. The molecule has 0 amide bonds. The molecule has 0 aliphatic rings. The second kappa shape index (κ2) is 4.14. The number of hydrogen-bond donors (Lipinski definition) is 1. The van der Waals surface area contributed by atoms with E-state index in [1.54, 1.807) is 10.9 Å². The number of thiophene rings is 1. The fraction of sp³-hybridized carbons (Fsp3) is 0.333. The number of fused-ring (bicyclic) bond motifs is 1. The van der Waals surface area contributed by atoms with Crippen LogP contribution in [-0.4, -0.2) is 15.3 Å². The molecule has 2 aromatic heterocycles. The van der Waals surface area contributed by atoms with Crippen LogP contribution in [0.2, 0.25) is 0 Å². The smallest absolute Gasteiger partial charge is 0.262 e. The molecule has 0 radical (unpaired) electrons. The average Bonchev–Trinajstić information content (AvgIpc) is 2.66. The van der Waals surface area contributed by atoms with E-state index in [9.17, 15) is 4.79 Å². The van der Waals surface area contributed by atoms with Crippen LogP contribution in [0.25, 0.3) is 10.2 Å². The Morgan fingerprint density at radius 1 is 1.57 bits per heavy atom. The molecule has 0 N–H and O–H groups in total. The number of rotatable bonds is 3. The molecule has 0 aromatic carbocycles. The molecule has 0 aliphatic heterocycles. The molecular weight excluding hydrogens is 216 g/mol. The van der Waals surface area contributed by atoms with E-state index in [0.29, 0.717) is 6.54 Å². The lowest BCUT2D eigenvalue weighted by Gasteiger charge is -2.02. The fourth-order valence-corrected chi connectivity index (χ4v) is 2.16. The van der Waals surface area contributed by atoms with Gasteiger partial charge in [-0.25, -0.2) is 4.98 Å². The van der Waals surface area contributed by atoms with Crippen molar-refractivity contribution in [2.75, 3.05) is 5.75 Å². The van der Waals surface area contributed by atoms with Crippen LogP contribution in [0.3, 0.4) is 0 Å². The summed E-state index contributed by atoms with van der Waals surface area (Å²) in [5.41, 5.74) is 0.0537. The standard InChI is InChI=1S/C9H10N2OS2/c12-9-7-2-5-14-8(7)10-6-11(9)3-1-4-13/h2,5-6,13H,1,3-4H2. The first-order chi connectivity index (χ1) is 6.83. The lowest BCUT2D eigenvalue weighted by Crippen LogP contribution is -2.20. The van der Waals surface area contributed by atoms with Gasteiger partial charge in [-0.05, 0) is 23.6 Å². The van der Waals surface area contributed by atoms with Gasteiger partial charge in [0.15, 0.2) is 0 Å². The molecule has 74 valence electrons. The van der Waals surface area contributed by atoms with Gasteiger partial charge in [0.1, 0.15) is 4.83 Å². The van der Waals surface area contributed by atoms with E-state index in [0.717, 1.165) is 22.4 Å². The third kappa shape index (κ3) is 1.69. The van der Waals surface area contributed by atoms with Crippen LogP contribution in [0, 0.1) is 0 Å². The maximum absolute atomic E-state index is 11.8. The first-order valence-electron chi connectivity index (χ1n) is 4.36. The minimum absolute atomic E-state index is 0.0537. The summed E-state index contributed by atoms with van der Waals surface area (Å²) in [6, 6.07) is 1.83. The molecule has 5 heteroatoms. The molecule has 0 saturated heterocycles. The molecular formula is C9H10N2OS2. The third-order valence-electron chi connectivity index (χ3n) is 2.01. The van der Waals surface area contributed by atoms with Gasteiger partial charge in [0.05, 0.1) is 11.7 Å². The zero-order valence-electron chi connectivity index (χ0n) is 7.51. The minimum Gasteiger partial charge on any atom is -0.299 e. The molecule has 3 nitrogen and oxygen atoms in total. The SMILES string of the molecule is O=c1c2ccsc2ncn1CCCS. The van der Waals surface area contributed by atoms with Gasteiger partial charge in [0.25, 0.3) is 5.56 Å². The van der Waals surface area contributed by atoms with Crippen molar-refractivity contribution in [1.82, 2.24) is 9.55 Å². The van der Waals surface area contributed by atoms with Crippen LogP contribution in [0.15, 0.2) is 22.6 Å². The second-order valence-corrected chi connectivity index (χ2v) is 4.30. The molecule has 0 spiro atoms. The molecule has 2 aromatic rings. The zero-order valence-corrected chi connectivity index (χ0v) is 9.22. The average molecular weight is 226 g/mol. The van der Waals surface area contributed by atoms with Crippen molar-refractivity contribution in [3.8, 4) is 0 Å². The highest BCUT2D eigenvalue weighted by atomic mass is 32.1. The molecule has 0 aliphatic carbocycles. The normalized spacial score (nSPS) is 10.9. The Kier molecular flexibility index (Phi) is 2.88. The number of aryl methyl sites for hydroxylation is 1. The Morgan fingerprint density at radius 2 is 2.43 bits per heavy atom. The van der Waals surface area contributed by atoms with E-state index in [1.165, 1.54) is 11.3 Å². The summed E-state index contributed by atoms with van der Waals surface area (Å²) in [4.78, 5) is 16.8. The third-order valence-corrected chi connectivity index (χ3v) is 3.14. The lowest BCUT2D eigenvalue weighted by molar-refractivity contribution is 0.653. The number of hydrogen-bond acceptors (Lipinski definition) is 4. The molecule has 0 unspecified atom stereocenters. The fourth-order valence-electron chi connectivity index (χ4n) is 1.29. The van der Waals surface area contributed by atoms with Crippen molar-refractivity contribution in [2.24, 2.45) is 0 Å². The summed E-state index contributed by atoms with van der Waals surface area (Å²) in [5.74, 6) is 0.786. The molecule has 2 heterocycles. The number of nitrogens with zero attached hydrogens (tertiary/aromatic N) is 2. The highest BCUT2D eigenvalue weighted by Gasteiger charge is 2.03. The van der Waals surface area contributed by atoms with Crippen LogP contribution < -0.4 is 5.56 Å². The van der Waals surface area contributed by atoms with Crippen LogP contribution in [0.1, 0.15) is 6.42 Å². The van der Waals surface area contributed by atoms with Crippen molar-refractivity contribution >= 4 is 34.2 Å². The number of aromatic nitrogens is 2.